The Kier molecular flexibility index (Phi) is 16.6. The first-order valence-corrected chi connectivity index (χ1v) is 25.6. The maximum atomic E-state index is 14.3. The van der Waals surface area contributed by atoms with Crippen molar-refractivity contribution >= 4 is 63.7 Å². The van der Waals surface area contributed by atoms with Gasteiger partial charge in [0, 0.05) is 42.9 Å². The number of alkyl halides is 3. The monoisotopic (exact) mass is 1070 g/mol. The van der Waals surface area contributed by atoms with Gasteiger partial charge in [-0.2, -0.15) is 18.4 Å². The van der Waals surface area contributed by atoms with Crippen molar-refractivity contribution in [3.8, 4) is 28.0 Å². The van der Waals surface area contributed by atoms with Gasteiger partial charge in [-0.3, -0.25) is 24.1 Å². The Morgan fingerprint density at radius 1 is 0.947 bits per heavy atom. The topological polar surface area (TPSA) is 187 Å². The smallest absolute Gasteiger partial charge is 0.417 e. The number of ether oxygens (including phenoxy) is 4. The zero-order chi connectivity index (χ0) is 53.8. The van der Waals surface area contributed by atoms with E-state index in [9.17, 15) is 42.7 Å². The average molecular weight is 1070 g/mol. The number of carbonyl (C=O) groups is 4. The Morgan fingerprint density at radius 3 is 2.28 bits per heavy atom. The van der Waals surface area contributed by atoms with Crippen LogP contribution in [0.2, 0.25) is 0 Å². The number of aromatic nitrogens is 1. The zero-order valence-corrected chi connectivity index (χ0v) is 43.5. The van der Waals surface area contributed by atoms with E-state index in [0.717, 1.165) is 38.7 Å². The molecule has 0 unspecified atom stereocenters. The second-order valence-corrected chi connectivity index (χ2v) is 20.3. The number of amides is 4. The molecule has 0 aliphatic carbocycles. The summed E-state index contributed by atoms with van der Waals surface area (Å²) < 4.78 is 64.9. The molecule has 4 heterocycles. The van der Waals surface area contributed by atoms with E-state index in [1.807, 2.05) is 51.1 Å². The summed E-state index contributed by atoms with van der Waals surface area (Å²) in [5.74, 6) is -0.821. The number of nitrogens with one attached hydrogen (secondary N) is 1. The number of carbonyl (C=O) groups excluding carboxylic acids is 4. The quantitative estimate of drug-likeness (QED) is 0.0572. The van der Waals surface area contributed by atoms with Crippen LogP contribution < -0.4 is 24.6 Å². The molecule has 0 bridgehead atoms. The predicted octanol–water partition coefficient (Wildman–Crippen LogP) is 7.68. The highest BCUT2D eigenvalue weighted by molar-refractivity contribution is 7.81. The van der Waals surface area contributed by atoms with Crippen molar-refractivity contribution in [3.05, 3.63) is 124 Å². The number of fused-ring (bicyclic) bond motifs is 1. The minimum Gasteiger partial charge on any atom is -0.491 e. The van der Waals surface area contributed by atoms with Gasteiger partial charge in [-0.1, -0.05) is 44.2 Å². The molecule has 3 atom stereocenters. The number of aryl methyl sites for hydroxylation is 1. The van der Waals surface area contributed by atoms with Gasteiger partial charge in [0.15, 0.2) is 5.11 Å². The van der Waals surface area contributed by atoms with Crippen LogP contribution in [0.4, 0.5) is 24.5 Å². The van der Waals surface area contributed by atoms with Gasteiger partial charge >= 0.3 is 6.18 Å². The number of nitriles is 1. The van der Waals surface area contributed by atoms with Crippen LogP contribution in [0.3, 0.4) is 0 Å². The Labute approximate surface area is 441 Å². The maximum absolute atomic E-state index is 14.3. The summed E-state index contributed by atoms with van der Waals surface area (Å²) in [7, 11) is 0. The van der Waals surface area contributed by atoms with Gasteiger partial charge in [0.2, 0.25) is 11.8 Å². The standard InChI is InChI=1S/C54H56F3N7O9S2/c1-32(2)46(62-29-37-8-6-7-9-42(37)49(62)67)50(68)61-30-40(65)26-44(61)48(66)59-28-36-11-10-34(47-33(3)60-31-75-47)24-45(36)73-23-21-71-19-18-70-20-22-72-41-16-14-38(15-17-41)64-52(74)63(51(69)53(64,4)5)39-13-12-35(27-58)43(25-39)54(55,56)57/h6-17,24-25,31-32,40,44,46,65H,18-23,26,28-30H2,1-5H3,(H,59,66)/t40-,44+,46+/m1/s1. The zero-order valence-electron chi connectivity index (χ0n) is 41.9. The fourth-order valence-corrected chi connectivity index (χ4v) is 10.8. The van der Waals surface area contributed by atoms with E-state index >= 15 is 0 Å². The number of halogens is 3. The van der Waals surface area contributed by atoms with Gasteiger partial charge in [0.25, 0.3) is 11.8 Å². The van der Waals surface area contributed by atoms with E-state index in [-0.39, 0.29) is 94.2 Å². The third-order valence-corrected chi connectivity index (χ3v) is 14.6. The number of β-amino-alcohol motifs (C(OH)–C–C–N with tert-alkyl or cyclic N) is 1. The van der Waals surface area contributed by atoms with Gasteiger partial charge in [-0.05, 0) is 105 Å². The third kappa shape index (κ3) is 11.6. The highest BCUT2D eigenvalue weighted by atomic mass is 32.1. The van der Waals surface area contributed by atoms with E-state index in [0.29, 0.717) is 28.3 Å². The molecule has 4 amide bonds. The van der Waals surface area contributed by atoms with E-state index in [4.69, 9.17) is 31.2 Å². The van der Waals surface area contributed by atoms with Crippen LogP contribution >= 0.6 is 23.6 Å². The molecular formula is C54H56F3N7O9S2. The lowest BCUT2D eigenvalue weighted by Gasteiger charge is -2.35. The van der Waals surface area contributed by atoms with Crippen LogP contribution in [0.5, 0.6) is 11.5 Å². The third-order valence-electron chi connectivity index (χ3n) is 13.3. The van der Waals surface area contributed by atoms with Crippen LogP contribution in [-0.4, -0.2) is 119 Å². The number of benzene rings is 4. The molecule has 2 saturated heterocycles. The molecule has 3 aliphatic rings. The molecule has 2 fully saturated rings. The summed E-state index contributed by atoms with van der Waals surface area (Å²) in [6.07, 6.45) is -5.67. The Bertz CT molecular complexity index is 3000. The molecular weight excluding hydrogens is 1010 g/mol. The first kappa shape index (κ1) is 54.3. The van der Waals surface area contributed by atoms with Crippen LogP contribution in [0, 0.1) is 24.2 Å². The first-order chi connectivity index (χ1) is 35.8. The second kappa shape index (κ2) is 22.9. The number of rotatable bonds is 20. The number of aliphatic hydroxyl groups excluding tert-OH is 1. The maximum Gasteiger partial charge on any atom is 0.417 e. The number of likely N-dealkylation sites (tertiary alicyclic amines) is 1. The summed E-state index contributed by atoms with van der Waals surface area (Å²) in [6.45, 7) is 10.6. The number of hydrogen-bond acceptors (Lipinski definition) is 13. The molecule has 1 aromatic heterocycles. The molecule has 16 nitrogen and oxygen atoms in total. The van der Waals surface area contributed by atoms with Gasteiger partial charge in [-0.15, -0.1) is 11.3 Å². The highest BCUT2D eigenvalue weighted by Gasteiger charge is 2.51. The van der Waals surface area contributed by atoms with E-state index in [1.165, 1.54) is 22.3 Å². The van der Waals surface area contributed by atoms with Crippen molar-refractivity contribution in [2.75, 3.05) is 56.0 Å². The van der Waals surface area contributed by atoms with Crippen molar-refractivity contribution in [2.45, 2.75) is 84.0 Å². The SMILES string of the molecule is Cc1ncsc1-c1ccc(CNC(=O)[C@@H]2C[C@@H](O)CN2C(=O)[C@H](C(C)C)N2Cc3ccccc3C2=O)c(OCCOCCOCCOc2ccc(N3C(=S)N(c4ccc(C#N)c(C(F)(F)F)c4)C(=O)C3(C)C)cc2)c1. The number of hydrogen-bond donors (Lipinski definition) is 2. The first-order valence-electron chi connectivity index (χ1n) is 24.3. The van der Waals surface area contributed by atoms with E-state index in [1.54, 1.807) is 71.6 Å². The van der Waals surface area contributed by atoms with Crippen LogP contribution in [0.25, 0.3) is 10.4 Å². The molecule has 4 aromatic carbocycles. The van der Waals surface area contributed by atoms with Gasteiger partial charge in [0.05, 0.1) is 71.5 Å². The number of thiazole rings is 1. The number of anilines is 2. The van der Waals surface area contributed by atoms with Crippen LogP contribution in [0.15, 0.2) is 90.4 Å². The number of thiocarbonyl (C=S) groups is 1. The second-order valence-electron chi connectivity index (χ2n) is 19.1. The predicted molar refractivity (Wildman–Crippen MR) is 277 cm³/mol. The molecule has 2 N–H and O–H groups in total. The summed E-state index contributed by atoms with van der Waals surface area (Å²) >= 11 is 7.13. The fraction of sp³-hybridized carbons (Fsp3) is 0.389. The lowest BCUT2D eigenvalue weighted by Crippen LogP contribution is -2.55. The Hall–Kier alpha value is -6.96. The van der Waals surface area contributed by atoms with E-state index in [2.05, 4.69) is 10.3 Å². The van der Waals surface area contributed by atoms with Gasteiger partial charge in [0.1, 0.15) is 42.3 Å². The van der Waals surface area contributed by atoms with Gasteiger partial charge < -0.3 is 44.1 Å². The van der Waals surface area contributed by atoms with Crippen molar-refractivity contribution in [2.24, 2.45) is 5.92 Å². The number of aliphatic hydroxyl groups is 1. The van der Waals surface area contributed by atoms with Crippen LogP contribution in [0.1, 0.15) is 72.4 Å². The summed E-state index contributed by atoms with van der Waals surface area (Å²) in [5.41, 5.74) is 3.04. The summed E-state index contributed by atoms with van der Waals surface area (Å²) in [6, 6.07) is 22.5. The van der Waals surface area contributed by atoms with Crippen LogP contribution in [-0.2, 0) is 43.1 Å². The fourth-order valence-electron chi connectivity index (χ4n) is 9.51. The molecule has 0 radical (unpaired) electrons. The highest BCUT2D eigenvalue weighted by Crippen LogP contribution is 2.40. The molecule has 8 rings (SSSR count). The molecule has 0 spiro atoms. The normalized spacial score (nSPS) is 17.7. The molecule has 3 aliphatic heterocycles. The largest absolute Gasteiger partial charge is 0.491 e. The minimum absolute atomic E-state index is 0.0206. The summed E-state index contributed by atoms with van der Waals surface area (Å²) in [4.78, 5) is 66.1. The molecule has 5 aromatic rings. The molecule has 0 saturated carbocycles. The van der Waals surface area contributed by atoms with Crippen molar-refractivity contribution < 1.29 is 56.4 Å². The molecule has 21 heteroatoms. The van der Waals surface area contributed by atoms with Crippen molar-refractivity contribution in [3.63, 3.8) is 0 Å². The van der Waals surface area contributed by atoms with E-state index < -0.39 is 52.8 Å². The van der Waals surface area contributed by atoms with Crippen molar-refractivity contribution in [1.29, 1.82) is 5.26 Å². The number of nitrogens with zero attached hydrogens (tertiary/aromatic N) is 6. The molecule has 394 valence electrons. The lowest BCUT2D eigenvalue weighted by molar-refractivity contribution is -0.143. The molecule has 75 heavy (non-hydrogen) atoms. The van der Waals surface area contributed by atoms with Crippen molar-refractivity contribution in [1.82, 2.24) is 20.1 Å². The lowest BCUT2D eigenvalue weighted by atomic mass is 10.0. The van der Waals surface area contributed by atoms with Gasteiger partial charge in [-0.25, -0.2) is 4.98 Å². The minimum atomic E-state index is -4.81. The Morgan fingerprint density at radius 2 is 1.63 bits per heavy atom. The average Bonchev–Trinajstić information content (AvgIpc) is 4.14. The summed E-state index contributed by atoms with van der Waals surface area (Å²) in [5, 5.41) is 22.9. The Balaban J connectivity index is 0.797.